The minimum absolute atomic E-state index is 0.00464. The summed E-state index contributed by atoms with van der Waals surface area (Å²) < 4.78 is 9.97. The molecule has 0 spiro atoms. The van der Waals surface area contributed by atoms with Crippen LogP contribution in [0.25, 0.3) is 0 Å². The van der Waals surface area contributed by atoms with Crippen molar-refractivity contribution < 1.29 is 14.1 Å². The molecule has 0 unspecified atom stereocenters. The molecule has 0 amide bonds. The molecule has 5 heteroatoms. The lowest BCUT2D eigenvalue weighted by molar-refractivity contribution is 0.101. The maximum atomic E-state index is 11.1. The number of ether oxygens (including phenoxy) is 1. The van der Waals surface area contributed by atoms with Gasteiger partial charge in [0.05, 0.1) is 0 Å². The molecule has 0 saturated carbocycles. The van der Waals surface area contributed by atoms with E-state index in [1.165, 1.54) is 13.3 Å². The van der Waals surface area contributed by atoms with E-state index in [-0.39, 0.29) is 12.4 Å². The summed E-state index contributed by atoms with van der Waals surface area (Å²) in [6.07, 6.45) is 1.24. The Labute approximate surface area is 92.0 Å². The van der Waals surface area contributed by atoms with E-state index < -0.39 is 0 Å². The number of rotatable bonds is 4. The summed E-state index contributed by atoms with van der Waals surface area (Å²) >= 11 is 0. The van der Waals surface area contributed by atoms with Crippen molar-refractivity contribution in [1.82, 2.24) is 10.1 Å². The summed E-state index contributed by atoms with van der Waals surface area (Å²) in [6, 6.07) is 6.96. The molecule has 0 N–H and O–H groups in total. The molecule has 1 heterocycles. The third kappa shape index (κ3) is 2.44. The summed E-state index contributed by atoms with van der Waals surface area (Å²) in [7, 11) is 0. The largest absolute Gasteiger partial charge is 0.485 e. The van der Waals surface area contributed by atoms with Crippen LogP contribution in [0, 0.1) is 0 Å². The molecule has 0 fully saturated rings. The van der Waals surface area contributed by atoms with E-state index in [0.717, 1.165) is 0 Å². The van der Waals surface area contributed by atoms with E-state index in [4.69, 9.17) is 4.74 Å². The second kappa shape index (κ2) is 4.57. The van der Waals surface area contributed by atoms with Crippen LogP contribution in [0.4, 0.5) is 0 Å². The molecule has 0 saturated heterocycles. The van der Waals surface area contributed by atoms with Crippen LogP contribution in [0.15, 0.2) is 35.2 Å². The summed E-state index contributed by atoms with van der Waals surface area (Å²) in [5.41, 5.74) is 0.616. The minimum atomic E-state index is 0.00464. The first kappa shape index (κ1) is 10.4. The summed E-state index contributed by atoms with van der Waals surface area (Å²) in [5.74, 6) is 1.08. The molecule has 0 bridgehead atoms. The predicted octanol–water partition coefficient (Wildman–Crippen LogP) is 1.85. The van der Waals surface area contributed by atoms with Gasteiger partial charge in [0, 0.05) is 5.56 Å². The van der Waals surface area contributed by atoms with Crippen molar-refractivity contribution in [3.63, 3.8) is 0 Å². The second-order valence-corrected chi connectivity index (χ2v) is 3.22. The summed E-state index contributed by atoms with van der Waals surface area (Å²) in [4.78, 5) is 15.0. The number of benzene rings is 1. The van der Waals surface area contributed by atoms with Crippen molar-refractivity contribution in [2.24, 2.45) is 0 Å². The lowest BCUT2D eigenvalue weighted by atomic mass is 10.1. The SMILES string of the molecule is CC(=O)c1cccc(OCc2ncon2)c1. The van der Waals surface area contributed by atoms with E-state index in [0.29, 0.717) is 17.1 Å². The van der Waals surface area contributed by atoms with Gasteiger partial charge in [-0.05, 0) is 19.1 Å². The van der Waals surface area contributed by atoms with Crippen LogP contribution in [0.5, 0.6) is 5.75 Å². The van der Waals surface area contributed by atoms with Crippen LogP contribution in [-0.4, -0.2) is 15.9 Å². The van der Waals surface area contributed by atoms with Crippen LogP contribution in [0.3, 0.4) is 0 Å². The summed E-state index contributed by atoms with van der Waals surface area (Å²) in [5, 5.41) is 3.61. The van der Waals surface area contributed by atoms with Crippen LogP contribution in [0.2, 0.25) is 0 Å². The molecule has 2 rings (SSSR count). The van der Waals surface area contributed by atoms with Gasteiger partial charge in [-0.3, -0.25) is 4.79 Å². The quantitative estimate of drug-likeness (QED) is 0.732. The van der Waals surface area contributed by atoms with Crippen LogP contribution in [-0.2, 0) is 6.61 Å². The number of hydrogen-bond acceptors (Lipinski definition) is 5. The third-order valence-corrected chi connectivity index (χ3v) is 2.02. The minimum Gasteiger partial charge on any atom is -0.485 e. The number of carbonyl (C=O) groups excluding carboxylic acids is 1. The number of carbonyl (C=O) groups is 1. The molecule has 0 radical (unpaired) electrons. The highest BCUT2D eigenvalue weighted by Crippen LogP contribution is 2.14. The molecule has 0 atom stereocenters. The highest BCUT2D eigenvalue weighted by molar-refractivity contribution is 5.94. The standard InChI is InChI=1S/C11H10N2O3/c1-8(14)9-3-2-4-10(5-9)15-6-11-12-7-16-13-11/h2-5,7H,6H2,1H3. The van der Waals surface area contributed by atoms with Gasteiger partial charge in [-0.15, -0.1) is 0 Å². The monoisotopic (exact) mass is 218 g/mol. The maximum Gasteiger partial charge on any atom is 0.213 e. The Kier molecular flexibility index (Phi) is 2.95. The fraction of sp³-hybridized carbons (Fsp3) is 0.182. The smallest absolute Gasteiger partial charge is 0.213 e. The number of ketones is 1. The topological polar surface area (TPSA) is 65.2 Å². The Balaban J connectivity index is 2.04. The molecular formula is C11H10N2O3. The number of Topliss-reactive ketones (excluding diaryl/α,β-unsaturated/α-hetero) is 1. The van der Waals surface area contributed by atoms with Gasteiger partial charge < -0.3 is 9.26 Å². The molecule has 16 heavy (non-hydrogen) atoms. The molecule has 0 aliphatic carbocycles. The zero-order valence-electron chi connectivity index (χ0n) is 8.71. The first-order valence-electron chi connectivity index (χ1n) is 4.75. The molecule has 2 aromatic rings. The fourth-order valence-corrected chi connectivity index (χ4v) is 1.21. The van der Waals surface area contributed by atoms with Gasteiger partial charge in [0.1, 0.15) is 5.75 Å². The molecule has 1 aromatic carbocycles. The molecule has 82 valence electrons. The second-order valence-electron chi connectivity index (χ2n) is 3.22. The van der Waals surface area contributed by atoms with Gasteiger partial charge in [-0.1, -0.05) is 17.3 Å². The van der Waals surface area contributed by atoms with Gasteiger partial charge in [-0.25, -0.2) is 0 Å². The van der Waals surface area contributed by atoms with Crippen LogP contribution >= 0.6 is 0 Å². The van der Waals surface area contributed by atoms with Crippen molar-refractivity contribution in [2.75, 3.05) is 0 Å². The zero-order chi connectivity index (χ0) is 11.4. The van der Waals surface area contributed by atoms with Crippen molar-refractivity contribution in [1.29, 1.82) is 0 Å². The van der Waals surface area contributed by atoms with Gasteiger partial charge in [-0.2, -0.15) is 4.98 Å². The highest BCUT2D eigenvalue weighted by Gasteiger charge is 2.03. The fourth-order valence-electron chi connectivity index (χ4n) is 1.21. The lowest BCUT2D eigenvalue weighted by Crippen LogP contribution is -1.99. The van der Waals surface area contributed by atoms with Crippen molar-refractivity contribution in [3.8, 4) is 5.75 Å². The van der Waals surface area contributed by atoms with Gasteiger partial charge in [0.15, 0.2) is 12.4 Å². The Morgan fingerprint density at radius 3 is 3.06 bits per heavy atom. The Hall–Kier alpha value is -2.17. The van der Waals surface area contributed by atoms with Crippen LogP contribution in [0.1, 0.15) is 23.1 Å². The average molecular weight is 218 g/mol. The van der Waals surface area contributed by atoms with E-state index in [1.54, 1.807) is 24.3 Å². The molecule has 1 aromatic heterocycles. The first-order valence-corrected chi connectivity index (χ1v) is 4.75. The highest BCUT2D eigenvalue weighted by atomic mass is 16.5. The van der Waals surface area contributed by atoms with E-state index >= 15 is 0 Å². The van der Waals surface area contributed by atoms with Crippen molar-refractivity contribution in [3.05, 3.63) is 42.0 Å². The average Bonchev–Trinajstić information content (AvgIpc) is 2.79. The predicted molar refractivity (Wildman–Crippen MR) is 55.1 cm³/mol. The zero-order valence-corrected chi connectivity index (χ0v) is 8.71. The number of hydrogen-bond donors (Lipinski definition) is 0. The Bertz CT molecular complexity index is 480. The molecular weight excluding hydrogens is 208 g/mol. The lowest BCUT2D eigenvalue weighted by Gasteiger charge is -2.04. The maximum absolute atomic E-state index is 11.1. The van der Waals surface area contributed by atoms with Crippen molar-refractivity contribution >= 4 is 5.78 Å². The van der Waals surface area contributed by atoms with E-state index in [1.807, 2.05) is 0 Å². The molecule has 5 nitrogen and oxygen atoms in total. The number of aromatic nitrogens is 2. The molecule has 0 aliphatic heterocycles. The normalized spacial score (nSPS) is 10.1. The van der Waals surface area contributed by atoms with E-state index in [9.17, 15) is 4.79 Å². The third-order valence-electron chi connectivity index (χ3n) is 2.02. The van der Waals surface area contributed by atoms with Gasteiger partial charge in [0.2, 0.25) is 12.2 Å². The van der Waals surface area contributed by atoms with Crippen molar-refractivity contribution in [2.45, 2.75) is 13.5 Å². The first-order chi connectivity index (χ1) is 7.75. The van der Waals surface area contributed by atoms with Gasteiger partial charge in [0.25, 0.3) is 0 Å². The van der Waals surface area contributed by atoms with Crippen LogP contribution < -0.4 is 4.74 Å². The Morgan fingerprint density at radius 1 is 1.50 bits per heavy atom. The van der Waals surface area contributed by atoms with E-state index in [2.05, 4.69) is 14.7 Å². The molecule has 0 aliphatic rings. The van der Waals surface area contributed by atoms with Gasteiger partial charge >= 0.3 is 0 Å². The number of nitrogens with zero attached hydrogens (tertiary/aromatic N) is 2. The summed E-state index contributed by atoms with van der Waals surface area (Å²) in [6.45, 7) is 1.73. The Morgan fingerprint density at radius 2 is 2.38 bits per heavy atom.